The van der Waals surface area contributed by atoms with Crippen LogP contribution in [0, 0.1) is 58.7 Å². The zero-order chi connectivity index (χ0) is 21.2. The number of rotatable bonds is 3. The number of fused-ring (bicyclic) bond motifs is 5. The van der Waals surface area contributed by atoms with Gasteiger partial charge in [-0.1, -0.05) is 26.7 Å². The number of aliphatic hydroxyl groups excluding tert-OH is 3. The van der Waals surface area contributed by atoms with E-state index in [4.69, 9.17) is 6.42 Å². The minimum atomic E-state index is -1.04. The van der Waals surface area contributed by atoms with E-state index in [2.05, 4.69) is 26.7 Å². The van der Waals surface area contributed by atoms with E-state index in [9.17, 15) is 20.4 Å². The minimum Gasteiger partial charge on any atom is -0.396 e. The lowest BCUT2D eigenvalue weighted by Crippen LogP contribution is -2.63. The van der Waals surface area contributed by atoms with Crippen LogP contribution in [-0.4, -0.2) is 44.8 Å². The van der Waals surface area contributed by atoms with Crippen LogP contribution < -0.4 is 0 Å². The summed E-state index contributed by atoms with van der Waals surface area (Å²) in [5.41, 5.74) is -1.21. The number of aliphatic hydroxyl groups is 4. The van der Waals surface area contributed by atoms with Gasteiger partial charge in [0.2, 0.25) is 0 Å². The van der Waals surface area contributed by atoms with Crippen LogP contribution in [0.25, 0.3) is 0 Å². The molecule has 4 saturated carbocycles. The molecule has 4 N–H and O–H groups in total. The molecule has 0 bridgehead atoms. The van der Waals surface area contributed by atoms with Gasteiger partial charge in [-0.15, -0.1) is 6.42 Å². The molecule has 4 aliphatic rings. The SMILES string of the molecule is C#CC1(O)CC[C@@]2(C)C(CC(O)C3C2CC(O)[C@@]2(C)C3CC[C@@H]2[C@H](C)CCO)C1. The van der Waals surface area contributed by atoms with Crippen molar-refractivity contribution in [1.29, 1.82) is 0 Å². The minimum absolute atomic E-state index is 0.0179. The summed E-state index contributed by atoms with van der Waals surface area (Å²) in [5.74, 6) is 4.40. The molecule has 11 atom stereocenters. The van der Waals surface area contributed by atoms with Crippen LogP contribution in [0.4, 0.5) is 0 Å². The first-order chi connectivity index (χ1) is 13.6. The van der Waals surface area contributed by atoms with Crippen molar-refractivity contribution in [2.75, 3.05) is 6.61 Å². The van der Waals surface area contributed by atoms with E-state index in [0.29, 0.717) is 37.0 Å². The van der Waals surface area contributed by atoms with Crippen molar-refractivity contribution in [2.24, 2.45) is 46.3 Å². The average molecular weight is 405 g/mol. The number of hydrogen-bond donors (Lipinski definition) is 4. The molecule has 0 amide bonds. The molecule has 29 heavy (non-hydrogen) atoms. The highest BCUT2D eigenvalue weighted by atomic mass is 16.3. The summed E-state index contributed by atoms with van der Waals surface area (Å²) >= 11 is 0. The van der Waals surface area contributed by atoms with Crippen LogP contribution in [0.5, 0.6) is 0 Å². The molecule has 4 heteroatoms. The van der Waals surface area contributed by atoms with Gasteiger partial charge in [-0.3, -0.25) is 0 Å². The summed E-state index contributed by atoms with van der Waals surface area (Å²) in [5, 5.41) is 43.0. The highest BCUT2D eigenvalue weighted by molar-refractivity contribution is 5.18. The van der Waals surface area contributed by atoms with Crippen molar-refractivity contribution in [3.8, 4) is 12.3 Å². The molecule has 4 fully saturated rings. The third-order valence-electron chi connectivity index (χ3n) is 10.5. The molecule has 0 aliphatic heterocycles. The predicted molar refractivity (Wildman–Crippen MR) is 113 cm³/mol. The number of terminal acetylenes is 1. The van der Waals surface area contributed by atoms with E-state index >= 15 is 0 Å². The fourth-order valence-corrected chi connectivity index (χ4v) is 8.68. The van der Waals surface area contributed by atoms with Gasteiger partial charge in [0.15, 0.2) is 0 Å². The standard InChI is InChI=1S/C25H40O4/c1-5-25(29)10-9-23(3)16(14-25)12-20(27)22-18-7-6-17(15(2)8-11-26)24(18,4)21(28)13-19(22)23/h1,15-22,26-29H,6-14H2,2-4H3/t15-,16?,17-,18?,19?,20?,21?,22?,23+,24-,25?/m1/s1. The summed E-state index contributed by atoms with van der Waals surface area (Å²) in [7, 11) is 0. The normalized spacial score (nSPS) is 55.3. The second kappa shape index (κ2) is 7.23. The molecule has 4 nitrogen and oxygen atoms in total. The molecule has 0 aromatic heterocycles. The zero-order valence-corrected chi connectivity index (χ0v) is 18.3. The first kappa shape index (κ1) is 21.6. The van der Waals surface area contributed by atoms with E-state index in [1.165, 1.54) is 0 Å². The Bertz CT molecular complexity index is 672. The third kappa shape index (κ3) is 3.03. The quantitative estimate of drug-likeness (QED) is 0.545. The molecule has 0 saturated heterocycles. The smallest absolute Gasteiger partial charge is 0.125 e. The van der Waals surface area contributed by atoms with Crippen LogP contribution in [-0.2, 0) is 0 Å². The summed E-state index contributed by atoms with van der Waals surface area (Å²) in [6, 6.07) is 0. The molecule has 0 radical (unpaired) electrons. The maximum atomic E-state index is 11.5. The Morgan fingerprint density at radius 3 is 2.48 bits per heavy atom. The Morgan fingerprint density at radius 1 is 1.10 bits per heavy atom. The Balaban J connectivity index is 1.65. The Morgan fingerprint density at radius 2 is 1.83 bits per heavy atom. The highest BCUT2D eigenvalue weighted by Crippen LogP contribution is 2.68. The highest BCUT2D eigenvalue weighted by Gasteiger charge is 2.66. The van der Waals surface area contributed by atoms with Crippen molar-refractivity contribution < 1.29 is 20.4 Å². The maximum absolute atomic E-state index is 11.5. The monoisotopic (exact) mass is 404 g/mol. The van der Waals surface area contributed by atoms with E-state index in [1.807, 2.05) is 0 Å². The third-order valence-corrected chi connectivity index (χ3v) is 10.5. The molecule has 0 spiro atoms. The van der Waals surface area contributed by atoms with Gasteiger partial charge < -0.3 is 20.4 Å². The van der Waals surface area contributed by atoms with Crippen molar-refractivity contribution in [3.05, 3.63) is 0 Å². The average Bonchev–Trinajstić information content (AvgIpc) is 3.03. The van der Waals surface area contributed by atoms with Gasteiger partial charge in [-0.05, 0) is 97.7 Å². The van der Waals surface area contributed by atoms with Crippen LogP contribution >= 0.6 is 0 Å². The largest absolute Gasteiger partial charge is 0.396 e. The lowest BCUT2D eigenvalue weighted by molar-refractivity contribution is -0.211. The van der Waals surface area contributed by atoms with Crippen molar-refractivity contribution in [3.63, 3.8) is 0 Å². The van der Waals surface area contributed by atoms with Crippen molar-refractivity contribution in [1.82, 2.24) is 0 Å². The molecule has 4 rings (SSSR count). The maximum Gasteiger partial charge on any atom is 0.125 e. The molecule has 0 heterocycles. The summed E-state index contributed by atoms with van der Waals surface area (Å²) < 4.78 is 0. The first-order valence-corrected chi connectivity index (χ1v) is 11.8. The van der Waals surface area contributed by atoms with Crippen LogP contribution in [0.15, 0.2) is 0 Å². The summed E-state index contributed by atoms with van der Waals surface area (Å²) in [6.07, 6.45) is 11.3. The van der Waals surface area contributed by atoms with Crippen LogP contribution in [0.2, 0.25) is 0 Å². The van der Waals surface area contributed by atoms with E-state index in [0.717, 1.165) is 32.1 Å². The lowest BCUT2D eigenvalue weighted by Gasteiger charge is -2.64. The lowest BCUT2D eigenvalue weighted by atomic mass is 9.42. The van der Waals surface area contributed by atoms with Gasteiger partial charge >= 0.3 is 0 Å². The summed E-state index contributed by atoms with van der Waals surface area (Å²) in [6.45, 7) is 6.99. The molecular weight excluding hydrogens is 364 g/mol. The van der Waals surface area contributed by atoms with Crippen molar-refractivity contribution in [2.45, 2.75) is 89.9 Å². The van der Waals surface area contributed by atoms with Crippen molar-refractivity contribution >= 4 is 0 Å². The second-order valence-electron chi connectivity index (χ2n) is 11.5. The number of hydrogen-bond acceptors (Lipinski definition) is 4. The van der Waals surface area contributed by atoms with E-state index in [1.54, 1.807) is 0 Å². The molecule has 4 aliphatic carbocycles. The van der Waals surface area contributed by atoms with Gasteiger partial charge in [-0.25, -0.2) is 0 Å². The van der Waals surface area contributed by atoms with Crippen LogP contribution in [0.3, 0.4) is 0 Å². The molecule has 0 aromatic rings. The topological polar surface area (TPSA) is 80.9 Å². The molecule has 7 unspecified atom stereocenters. The fraction of sp³-hybridized carbons (Fsp3) is 0.920. The van der Waals surface area contributed by atoms with Gasteiger partial charge in [0.1, 0.15) is 5.60 Å². The van der Waals surface area contributed by atoms with Crippen LogP contribution in [0.1, 0.15) is 72.1 Å². The Kier molecular flexibility index (Phi) is 5.39. The second-order valence-corrected chi connectivity index (χ2v) is 11.5. The summed E-state index contributed by atoms with van der Waals surface area (Å²) in [4.78, 5) is 0. The van der Waals surface area contributed by atoms with Gasteiger partial charge in [-0.2, -0.15) is 0 Å². The Labute approximate surface area is 176 Å². The Hall–Kier alpha value is -0.600. The van der Waals surface area contributed by atoms with Gasteiger partial charge in [0, 0.05) is 6.61 Å². The zero-order valence-electron chi connectivity index (χ0n) is 18.3. The van der Waals surface area contributed by atoms with E-state index in [-0.39, 0.29) is 47.4 Å². The predicted octanol–water partition coefficient (Wildman–Crippen LogP) is 2.97. The van der Waals surface area contributed by atoms with Gasteiger partial charge in [0.05, 0.1) is 12.2 Å². The first-order valence-electron chi connectivity index (χ1n) is 11.8. The molecule has 0 aromatic carbocycles. The molecular formula is C25H40O4. The van der Waals surface area contributed by atoms with E-state index < -0.39 is 5.60 Å². The fourth-order valence-electron chi connectivity index (χ4n) is 8.68. The van der Waals surface area contributed by atoms with Gasteiger partial charge in [0.25, 0.3) is 0 Å². The molecule has 164 valence electrons.